The second-order valence-electron chi connectivity index (χ2n) is 9.55. The summed E-state index contributed by atoms with van der Waals surface area (Å²) >= 11 is 5.38. The quantitative estimate of drug-likeness (QED) is 0.179. The zero-order valence-electron chi connectivity index (χ0n) is 18.7. The predicted molar refractivity (Wildman–Crippen MR) is 158 cm³/mol. The minimum Gasteiger partial charge on any atom is -0.315 e. The minimum atomic E-state index is 1.28. The van der Waals surface area contributed by atoms with Gasteiger partial charge in [0.2, 0.25) is 0 Å². The number of nitrogens with zero attached hydrogens (tertiary/aromatic N) is 3. The van der Waals surface area contributed by atoms with E-state index in [0.29, 0.717) is 0 Å². The van der Waals surface area contributed by atoms with Gasteiger partial charge in [-0.25, -0.2) is 0 Å². The van der Waals surface area contributed by atoms with E-state index in [9.17, 15) is 0 Å². The lowest BCUT2D eigenvalue weighted by Crippen LogP contribution is -1.96. The van der Waals surface area contributed by atoms with Crippen LogP contribution in [-0.4, -0.2) is 13.2 Å². The number of pyridine rings is 3. The summed E-state index contributed by atoms with van der Waals surface area (Å²) in [7, 11) is 0. The zero-order valence-corrected chi connectivity index (χ0v) is 21.2. The molecular formula is C30H15N3S3. The molecule has 0 aliphatic rings. The summed E-state index contributed by atoms with van der Waals surface area (Å²) in [5, 5.41) is 26.1. The van der Waals surface area contributed by atoms with Crippen molar-refractivity contribution >= 4 is 116 Å². The van der Waals surface area contributed by atoms with Crippen LogP contribution in [0.1, 0.15) is 0 Å². The molecule has 9 heterocycles. The fourth-order valence-electron chi connectivity index (χ4n) is 6.70. The lowest BCUT2D eigenvalue weighted by Gasteiger charge is -2.18. The van der Waals surface area contributed by atoms with Gasteiger partial charge in [0.25, 0.3) is 0 Å². The second-order valence-corrected chi connectivity index (χ2v) is 11.8. The third-order valence-corrected chi connectivity index (χ3v) is 10.2. The van der Waals surface area contributed by atoms with Gasteiger partial charge < -0.3 is 13.2 Å². The molecule has 0 radical (unpaired) electrons. The average molecular weight is 514 g/mol. The Labute approximate surface area is 215 Å². The summed E-state index contributed by atoms with van der Waals surface area (Å²) in [6.07, 6.45) is 6.65. The SMILES string of the molecule is c1cc2c3c(c4cscc4n2c1)c1c(c2cscc2n2cccc12)c1c3c2cscc2n2cccc12. The van der Waals surface area contributed by atoms with Crippen LogP contribution in [0.3, 0.4) is 0 Å². The molecule has 10 aromatic rings. The van der Waals surface area contributed by atoms with Gasteiger partial charge in [0.1, 0.15) is 0 Å². The van der Waals surface area contributed by atoms with E-state index in [2.05, 4.69) is 100 Å². The monoisotopic (exact) mass is 513 g/mol. The minimum absolute atomic E-state index is 1.28. The van der Waals surface area contributed by atoms with Crippen molar-refractivity contribution in [1.82, 2.24) is 13.2 Å². The van der Waals surface area contributed by atoms with E-state index in [1.54, 1.807) is 34.0 Å². The van der Waals surface area contributed by atoms with Gasteiger partial charge >= 0.3 is 0 Å². The second kappa shape index (κ2) is 6.10. The van der Waals surface area contributed by atoms with Gasteiger partial charge in [-0.3, -0.25) is 0 Å². The van der Waals surface area contributed by atoms with Gasteiger partial charge in [-0.15, -0.1) is 34.0 Å². The van der Waals surface area contributed by atoms with Crippen molar-refractivity contribution in [1.29, 1.82) is 0 Å². The van der Waals surface area contributed by atoms with Crippen LogP contribution in [0.25, 0.3) is 81.6 Å². The van der Waals surface area contributed by atoms with Crippen molar-refractivity contribution in [3.05, 3.63) is 87.3 Å². The largest absolute Gasteiger partial charge is 0.315 e. The third kappa shape index (κ3) is 1.90. The molecule has 0 bridgehead atoms. The molecule has 0 spiro atoms. The summed E-state index contributed by atoms with van der Waals surface area (Å²) < 4.78 is 7.16. The molecule has 0 fully saturated rings. The van der Waals surface area contributed by atoms with Crippen LogP contribution < -0.4 is 0 Å². The highest BCUT2D eigenvalue weighted by molar-refractivity contribution is 7.10. The Bertz CT molecular complexity index is 2050. The Morgan fingerprint density at radius 3 is 1.03 bits per heavy atom. The van der Waals surface area contributed by atoms with Gasteiger partial charge in [-0.1, -0.05) is 0 Å². The van der Waals surface area contributed by atoms with E-state index >= 15 is 0 Å². The summed E-state index contributed by atoms with van der Waals surface area (Å²) in [6.45, 7) is 0. The first-order chi connectivity index (χ1) is 17.9. The van der Waals surface area contributed by atoms with E-state index in [1.165, 1.54) is 81.6 Å². The van der Waals surface area contributed by atoms with Gasteiger partial charge in [-0.2, -0.15) is 0 Å². The topological polar surface area (TPSA) is 13.2 Å². The van der Waals surface area contributed by atoms with Crippen molar-refractivity contribution in [2.75, 3.05) is 0 Å². The van der Waals surface area contributed by atoms with E-state index < -0.39 is 0 Å². The molecule has 9 aromatic heterocycles. The van der Waals surface area contributed by atoms with Crippen LogP contribution in [0, 0.1) is 0 Å². The highest BCUT2D eigenvalue weighted by Crippen LogP contribution is 2.49. The Morgan fingerprint density at radius 2 is 0.694 bits per heavy atom. The first-order valence-electron chi connectivity index (χ1n) is 11.9. The van der Waals surface area contributed by atoms with Crippen molar-refractivity contribution in [2.24, 2.45) is 0 Å². The fraction of sp³-hybridized carbons (Fsp3) is 0. The number of thiophene rings is 3. The summed E-state index contributed by atoms with van der Waals surface area (Å²) in [4.78, 5) is 0. The molecule has 0 amide bonds. The first-order valence-corrected chi connectivity index (χ1v) is 14.7. The Morgan fingerprint density at radius 1 is 0.361 bits per heavy atom. The van der Waals surface area contributed by atoms with Crippen molar-refractivity contribution < 1.29 is 0 Å². The molecule has 0 atom stereocenters. The lowest BCUT2D eigenvalue weighted by atomic mass is 9.90. The van der Waals surface area contributed by atoms with Gasteiger partial charge in [0.05, 0.1) is 33.1 Å². The fourth-order valence-corrected chi connectivity index (χ4v) is 9.14. The van der Waals surface area contributed by atoms with Crippen LogP contribution in [-0.2, 0) is 0 Å². The lowest BCUT2D eigenvalue weighted by molar-refractivity contribution is 1.29. The molecule has 0 N–H and O–H groups in total. The van der Waals surface area contributed by atoms with Crippen LogP contribution in [0.2, 0.25) is 0 Å². The molecule has 168 valence electrons. The number of rotatable bonds is 0. The maximum atomic E-state index is 2.39. The molecule has 0 aliphatic heterocycles. The highest BCUT2D eigenvalue weighted by Gasteiger charge is 2.24. The number of hydrogen-bond donors (Lipinski definition) is 0. The smallest absolute Gasteiger partial charge is 0.0641 e. The molecule has 3 nitrogen and oxygen atoms in total. The molecule has 0 aliphatic carbocycles. The van der Waals surface area contributed by atoms with Gasteiger partial charge in [0.15, 0.2) is 0 Å². The summed E-state index contributed by atoms with van der Waals surface area (Å²) in [5.41, 5.74) is 7.69. The van der Waals surface area contributed by atoms with Crippen LogP contribution >= 0.6 is 34.0 Å². The highest BCUT2D eigenvalue weighted by atomic mass is 32.1. The van der Waals surface area contributed by atoms with Gasteiger partial charge in [0, 0.05) is 99.3 Å². The number of hydrogen-bond acceptors (Lipinski definition) is 3. The van der Waals surface area contributed by atoms with Crippen molar-refractivity contribution in [2.45, 2.75) is 0 Å². The molecular weight excluding hydrogens is 499 g/mol. The van der Waals surface area contributed by atoms with Crippen molar-refractivity contribution in [3.63, 3.8) is 0 Å². The maximum Gasteiger partial charge on any atom is 0.0641 e. The van der Waals surface area contributed by atoms with Gasteiger partial charge in [-0.05, 0) is 36.4 Å². The zero-order chi connectivity index (χ0) is 23.1. The summed E-state index contributed by atoms with van der Waals surface area (Å²) in [5.74, 6) is 0. The van der Waals surface area contributed by atoms with Crippen LogP contribution in [0.5, 0.6) is 0 Å². The summed E-state index contributed by atoms with van der Waals surface area (Å²) in [6, 6.07) is 13.5. The Kier molecular flexibility index (Phi) is 3.12. The molecule has 36 heavy (non-hydrogen) atoms. The van der Waals surface area contributed by atoms with Crippen LogP contribution in [0.15, 0.2) is 87.3 Å². The third-order valence-electron chi connectivity index (χ3n) is 8.03. The maximum absolute atomic E-state index is 2.39. The van der Waals surface area contributed by atoms with E-state index in [1.807, 2.05) is 0 Å². The molecule has 1 aromatic carbocycles. The standard InChI is InChI=1S/C30H15N3S3/c1-4-19-28-25(16-10-34-13-22(16)31(19)7-1)29-20-5-2-9-33(20)24-15-36-12-18(24)27(29)30-21-6-3-8-32(21)23-14-35-11-17(23)26(28)30/h1-15H. The Balaban J connectivity index is 1.78. The van der Waals surface area contributed by atoms with E-state index in [4.69, 9.17) is 0 Å². The molecule has 0 saturated carbocycles. The normalized spacial score (nSPS) is 13.0. The number of aromatic nitrogens is 3. The number of fused-ring (bicyclic) bond motifs is 21. The van der Waals surface area contributed by atoms with Crippen LogP contribution in [0.4, 0.5) is 0 Å². The molecule has 6 heteroatoms. The van der Waals surface area contributed by atoms with E-state index in [0.717, 1.165) is 0 Å². The van der Waals surface area contributed by atoms with E-state index in [-0.39, 0.29) is 0 Å². The first kappa shape index (κ1) is 18.4. The molecule has 10 rings (SSSR count). The molecule has 0 unspecified atom stereocenters. The molecule has 0 saturated heterocycles. The number of benzene rings is 1. The predicted octanol–water partition coefficient (Wildman–Crippen LogP) is 9.55. The average Bonchev–Trinajstić information content (AvgIpc) is 3.73. The van der Waals surface area contributed by atoms with Crippen molar-refractivity contribution in [3.8, 4) is 0 Å². The Hall–Kier alpha value is -3.84.